The van der Waals surface area contributed by atoms with Gasteiger partial charge in [-0.3, -0.25) is 0 Å². The third kappa shape index (κ3) is 2.86. The first kappa shape index (κ1) is 18.6. The standard InChI is InChI=1S/C24H15NO6/c1-29-22(26)14-9-13(7-8-17(14)25)21-16-11-18-15(10-19(16)31-24(21)28)20(23(27)30-18)12-5-3-2-4-6-12/h2-11H,25H2,1H3. The molecule has 0 aromatic heterocycles. The number of benzene rings is 3. The molecule has 0 unspecified atom stereocenters. The van der Waals surface area contributed by atoms with Crippen LogP contribution in [0.4, 0.5) is 5.69 Å². The summed E-state index contributed by atoms with van der Waals surface area (Å²) in [5, 5.41) is 1.02. The Morgan fingerprint density at radius 1 is 0.806 bits per heavy atom. The van der Waals surface area contributed by atoms with Gasteiger partial charge in [0.2, 0.25) is 0 Å². The lowest BCUT2D eigenvalue weighted by atomic mass is 9.99. The predicted octanol–water partition coefficient (Wildman–Crippen LogP) is 1.29. The molecule has 2 aliphatic rings. The number of fused-ring (bicyclic) bond motifs is 2. The van der Waals surface area contributed by atoms with Crippen LogP contribution in [0.5, 0.6) is 11.5 Å². The van der Waals surface area contributed by atoms with Crippen LogP contribution in [-0.2, 0) is 14.3 Å². The fourth-order valence-electron chi connectivity index (χ4n) is 3.79. The van der Waals surface area contributed by atoms with Gasteiger partial charge in [0, 0.05) is 16.1 Å². The molecule has 0 spiro atoms. The first-order chi connectivity index (χ1) is 15.0. The van der Waals surface area contributed by atoms with Gasteiger partial charge in [-0.05, 0) is 35.4 Å². The van der Waals surface area contributed by atoms with Crippen LogP contribution in [-0.4, -0.2) is 25.0 Å². The molecule has 7 heteroatoms. The molecule has 0 saturated carbocycles. The van der Waals surface area contributed by atoms with Gasteiger partial charge in [-0.2, -0.15) is 0 Å². The molecule has 0 amide bonds. The van der Waals surface area contributed by atoms with Crippen molar-refractivity contribution < 1.29 is 28.6 Å². The maximum Gasteiger partial charge on any atom is 0.344 e. The van der Waals surface area contributed by atoms with Crippen molar-refractivity contribution in [3.63, 3.8) is 0 Å². The fourth-order valence-corrected chi connectivity index (χ4v) is 3.79. The zero-order valence-corrected chi connectivity index (χ0v) is 16.3. The van der Waals surface area contributed by atoms with E-state index in [1.54, 1.807) is 18.2 Å². The van der Waals surface area contributed by atoms with Crippen LogP contribution in [0, 0.1) is 0 Å². The molecule has 5 rings (SSSR count). The van der Waals surface area contributed by atoms with E-state index in [0.717, 1.165) is 0 Å². The molecule has 0 aliphatic carbocycles. The number of anilines is 1. The largest absolute Gasteiger partial charge is 0.465 e. The Labute approximate surface area is 176 Å². The van der Waals surface area contributed by atoms with Gasteiger partial charge < -0.3 is 19.9 Å². The van der Waals surface area contributed by atoms with Crippen molar-refractivity contribution in [2.75, 3.05) is 12.8 Å². The van der Waals surface area contributed by atoms with Crippen LogP contribution in [0.25, 0.3) is 11.1 Å². The summed E-state index contributed by atoms with van der Waals surface area (Å²) in [5.74, 6) is -1.02. The number of hydrogen-bond donors (Lipinski definition) is 1. The molecular weight excluding hydrogens is 398 g/mol. The molecule has 3 aromatic rings. The third-order valence-electron chi connectivity index (χ3n) is 5.24. The Balaban J connectivity index is 1.75. The number of nitrogen functional groups attached to an aromatic ring is 1. The topological polar surface area (TPSA) is 105 Å². The van der Waals surface area contributed by atoms with Crippen LogP contribution in [0.1, 0.15) is 21.5 Å². The lowest BCUT2D eigenvalue weighted by Crippen LogP contribution is -2.12. The van der Waals surface area contributed by atoms with E-state index in [1.165, 1.54) is 19.2 Å². The van der Waals surface area contributed by atoms with Crippen molar-refractivity contribution >= 4 is 34.7 Å². The Kier molecular flexibility index (Phi) is 4.11. The van der Waals surface area contributed by atoms with Crippen molar-refractivity contribution in [3.05, 3.63) is 87.8 Å². The lowest BCUT2D eigenvalue weighted by molar-refractivity contribution is -0.128. The highest BCUT2D eigenvalue weighted by molar-refractivity contribution is 6.21. The highest BCUT2D eigenvalue weighted by atomic mass is 16.5. The van der Waals surface area contributed by atoms with E-state index >= 15 is 0 Å². The van der Waals surface area contributed by atoms with Crippen LogP contribution < -0.4 is 25.6 Å². The van der Waals surface area contributed by atoms with Crippen molar-refractivity contribution in [1.29, 1.82) is 0 Å². The minimum absolute atomic E-state index is 0.140. The van der Waals surface area contributed by atoms with Gasteiger partial charge in [0.1, 0.15) is 11.5 Å². The van der Waals surface area contributed by atoms with E-state index in [1.807, 2.05) is 30.3 Å². The van der Waals surface area contributed by atoms with Crippen molar-refractivity contribution in [2.45, 2.75) is 0 Å². The highest BCUT2D eigenvalue weighted by Crippen LogP contribution is 2.28. The van der Waals surface area contributed by atoms with Crippen LogP contribution in [0.3, 0.4) is 0 Å². The van der Waals surface area contributed by atoms with E-state index in [-0.39, 0.29) is 16.8 Å². The van der Waals surface area contributed by atoms with Crippen molar-refractivity contribution in [1.82, 2.24) is 0 Å². The maximum absolute atomic E-state index is 12.7. The van der Waals surface area contributed by atoms with Gasteiger partial charge in [0.25, 0.3) is 0 Å². The monoisotopic (exact) mass is 413 g/mol. The molecule has 0 saturated heterocycles. The first-order valence-corrected chi connectivity index (χ1v) is 9.38. The van der Waals surface area contributed by atoms with E-state index in [0.29, 0.717) is 38.6 Å². The smallest absolute Gasteiger partial charge is 0.344 e. The third-order valence-corrected chi connectivity index (χ3v) is 5.24. The summed E-state index contributed by atoms with van der Waals surface area (Å²) < 4.78 is 15.7. The van der Waals surface area contributed by atoms with Gasteiger partial charge in [-0.15, -0.1) is 0 Å². The number of nitrogens with two attached hydrogens (primary N) is 1. The Hall–Kier alpha value is -4.39. The number of carbonyl (C=O) groups excluding carboxylic acids is 3. The summed E-state index contributed by atoms with van der Waals surface area (Å²) in [6.07, 6.45) is 0. The second kappa shape index (κ2) is 6.84. The van der Waals surface area contributed by atoms with E-state index < -0.39 is 17.9 Å². The Morgan fingerprint density at radius 2 is 1.39 bits per heavy atom. The molecule has 0 radical (unpaired) electrons. The van der Waals surface area contributed by atoms with Gasteiger partial charge >= 0.3 is 17.9 Å². The van der Waals surface area contributed by atoms with Crippen molar-refractivity contribution in [3.8, 4) is 11.5 Å². The second-order valence-corrected chi connectivity index (χ2v) is 7.03. The van der Waals surface area contributed by atoms with Crippen LogP contribution in [0.2, 0.25) is 0 Å². The number of rotatable bonds is 3. The quantitative estimate of drug-likeness (QED) is 0.392. The number of methoxy groups -OCH3 is 1. The fraction of sp³-hybridized carbons (Fsp3) is 0.0417. The minimum Gasteiger partial charge on any atom is -0.465 e. The summed E-state index contributed by atoms with van der Waals surface area (Å²) in [5.41, 5.74) is 8.03. The lowest BCUT2D eigenvalue weighted by Gasteiger charge is -2.07. The van der Waals surface area contributed by atoms with E-state index in [4.69, 9.17) is 19.9 Å². The van der Waals surface area contributed by atoms with Crippen molar-refractivity contribution in [2.24, 2.45) is 0 Å². The second-order valence-electron chi connectivity index (χ2n) is 7.03. The number of carbonyl (C=O) groups is 3. The Bertz CT molecular complexity index is 1420. The number of hydrogen-bond acceptors (Lipinski definition) is 7. The minimum atomic E-state index is -0.614. The molecule has 152 valence electrons. The predicted molar refractivity (Wildman–Crippen MR) is 111 cm³/mol. The van der Waals surface area contributed by atoms with Crippen LogP contribution in [0.15, 0.2) is 60.7 Å². The zero-order valence-electron chi connectivity index (χ0n) is 16.3. The average Bonchev–Trinajstić information content (AvgIpc) is 3.26. The Morgan fingerprint density at radius 3 is 1.97 bits per heavy atom. The molecule has 0 atom stereocenters. The molecule has 3 aromatic carbocycles. The van der Waals surface area contributed by atoms with Crippen LogP contribution >= 0.6 is 0 Å². The summed E-state index contributed by atoms with van der Waals surface area (Å²) >= 11 is 0. The van der Waals surface area contributed by atoms with E-state index in [2.05, 4.69) is 0 Å². The van der Waals surface area contributed by atoms with Gasteiger partial charge in [0.05, 0.1) is 23.8 Å². The number of esters is 3. The average molecular weight is 413 g/mol. The SMILES string of the molecule is COC(=O)c1cc(C2=c3cc4c(cc3OC2=O)=C(c2ccccc2)C(=O)O4)ccc1N. The normalized spacial score (nSPS) is 14.1. The molecule has 2 heterocycles. The summed E-state index contributed by atoms with van der Waals surface area (Å²) in [4.78, 5) is 37.2. The maximum atomic E-state index is 12.7. The summed E-state index contributed by atoms with van der Waals surface area (Å²) in [6.45, 7) is 0. The molecular formula is C24H15NO6. The van der Waals surface area contributed by atoms with Gasteiger partial charge in [-0.1, -0.05) is 36.4 Å². The zero-order chi connectivity index (χ0) is 21.7. The molecule has 2 aliphatic heterocycles. The van der Waals surface area contributed by atoms with Gasteiger partial charge in [0.15, 0.2) is 0 Å². The molecule has 7 nitrogen and oxygen atoms in total. The van der Waals surface area contributed by atoms with E-state index in [9.17, 15) is 14.4 Å². The summed E-state index contributed by atoms with van der Waals surface area (Å²) in [7, 11) is 1.25. The molecule has 0 fully saturated rings. The number of ether oxygens (including phenoxy) is 3. The molecule has 31 heavy (non-hydrogen) atoms. The molecule has 0 bridgehead atoms. The molecule has 2 N–H and O–H groups in total. The van der Waals surface area contributed by atoms with Gasteiger partial charge in [-0.25, -0.2) is 14.4 Å². The highest BCUT2D eigenvalue weighted by Gasteiger charge is 2.30. The summed E-state index contributed by atoms with van der Waals surface area (Å²) in [6, 6.07) is 17.0. The first-order valence-electron chi connectivity index (χ1n) is 9.38.